The van der Waals surface area contributed by atoms with Crippen LogP contribution in [0.25, 0.3) is 0 Å². The van der Waals surface area contributed by atoms with Crippen LogP contribution in [-0.2, 0) is 6.42 Å². The van der Waals surface area contributed by atoms with Gasteiger partial charge in [-0.15, -0.1) is 11.3 Å². The van der Waals surface area contributed by atoms with Crippen LogP contribution in [0.5, 0.6) is 0 Å². The highest BCUT2D eigenvalue weighted by molar-refractivity contribution is 7.12. The number of nitrogens with one attached hydrogen (secondary N) is 2. The summed E-state index contributed by atoms with van der Waals surface area (Å²) in [6.07, 6.45) is 1.83. The standard InChI is InChI=1S/C21H20N2O2S/c24-20(22-14-4-8-16-6-2-1-3-7-16)17-10-12-18(13-11-17)23-21(25)19-9-5-15-26-19/h1-3,5-7,9-13,15H,4,8,14H2,(H,22,24)(H,23,25). The van der Waals surface area contributed by atoms with Gasteiger partial charge < -0.3 is 10.6 Å². The number of benzene rings is 2. The number of thiophene rings is 1. The van der Waals surface area contributed by atoms with Crippen molar-refractivity contribution in [2.24, 2.45) is 0 Å². The summed E-state index contributed by atoms with van der Waals surface area (Å²) < 4.78 is 0. The zero-order valence-corrected chi connectivity index (χ0v) is 15.1. The molecule has 0 aliphatic heterocycles. The molecule has 2 N–H and O–H groups in total. The Kier molecular flexibility index (Phi) is 6.17. The van der Waals surface area contributed by atoms with E-state index in [-0.39, 0.29) is 11.8 Å². The summed E-state index contributed by atoms with van der Waals surface area (Å²) >= 11 is 1.39. The molecule has 2 amide bonds. The van der Waals surface area contributed by atoms with E-state index < -0.39 is 0 Å². The normalized spacial score (nSPS) is 10.3. The Bertz CT molecular complexity index is 843. The number of aryl methyl sites for hydroxylation is 1. The first-order valence-corrected chi connectivity index (χ1v) is 9.37. The highest BCUT2D eigenvalue weighted by Gasteiger charge is 2.08. The van der Waals surface area contributed by atoms with E-state index in [1.54, 1.807) is 30.3 Å². The molecule has 0 aliphatic rings. The first kappa shape index (κ1) is 17.9. The lowest BCUT2D eigenvalue weighted by atomic mass is 10.1. The molecule has 132 valence electrons. The van der Waals surface area contributed by atoms with Crippen molar-refractivity contribution in [3.8, 4) is 0 Å². The molecule has 3 rings (SSSR count). The molecule has 0 spiro atoms. The lowest BCUT2D eigenvalue weighted by Gasteiger charge is -2.07. The van der Waals surface area contributed by atoms with Crippen molar-refractivity contribution in [1.29, 1.82) is 0 Å². The Labute approximate surface area is 156 Å². The van der Waals surface area contributed by atoms with E-state index in [0.717, 1.165) is 12.8 Å². The summed E-state index contributed by atoms with van der Waals surface area (Å²) in [5.74, 6) is -0.243. The maximum Gasteiger partial charge on any atom is 0.265 e. The lowest BCUT2D eigenvalue weighted by molar-refractivity contribution is 0.0952. The van der Waals surface area contributed by atoms with E-state index in [0.29, 0.717) is 22.7 Å². The zero-order chi connectivity index (χ0) is 18.2. The first-order chi connectivity index (χ1) is 12.7. The topological polar surface area (TPSA) is 58.2 Å². The van der Waals surface area contributed by atoms with Gasteiger partial charge in [-0.2, -0.15) is 0 Å². The van der Waals surface area contributed by atoms with Crippen LogP contribution >= 0.6 is 11.3 Å². The number of carbonyl (C=O) groups excluding carboxylic acids is 2. The van der Waals surface area contributed by atoms with E-state index in [9.17, 15) is 9.59 Å². The third kappa shape index (κ3) is 5.04. The van der Waals surface area contributed by atoms with E-state index >= 15 is 0 Å². The van der Waals surface area contributed by atoms with Crippen LogP contribution < -0.4 is 10.6 Å². The molecule has 0 saturated heterocycles. The molecule has 0 saturated carbocycles. The molecule has 0 aliphatic carbocycles. The van der Waals surface area contributed by atoms with Crippen LogP contribution in [0, 0.1) is 0 Å². The fourth-order valence-corrected chi connectivity index (χ4v) is 3.17. The van der Waals surface area contributed by atoms with Gasteiger partial charge in [0.1, 0.15) is 0 Å². The molecule has 4 nitrogen and oxygen atoms in total. The number of anilines is 1. The molecular formula is C21H20N2O2S. The summed E-state index contributed by atoms with van der Waals surface area (Å²) in [4.78, 5) is 24.8. The smallest absolute Gasteiger partial charge is 0.265 e. The number of hydrogen-bond acceptors (Lipinski definition) is 3. The number of amides is 2. The maximum absolute atomic E-state index is 12.2. The van der Waals surface area contributed by atoms with Crippen LogP contribution in [0.1, 0.15) is 32.0 Å². The molecule has 5 heteroatoms. The maximum atomic E-state index is 12.2. The van der Waals surface area contributed by atoms with Crippen molar-refractivity contribution in [2.75, 3.05) is 11.9 Å². The summed E-state index contributed by atoms with van der Waals surface area (Å²) in [6.45, 7) is 0.630. The summed E-state index contributed by atoms with van der Waals surface area (Å²) in [6, 6.07) is 20.7. The van der Waals surface area contributed by atoms with Crippen molar-refractivity contribution in [3.63, 3.8) is 0 Å². The van der Waals surface area contributed by atoms with Crippen LogP contribution in [0.15, 0.2) is 72.1 Å². The molecule has 1 aromatic heterocycles. The molecule has 0 fully saturated rings. The van der Waals surface area contributed by atoms with Crippen LogP contribution in [0.2, 0.25) is 0 Å². The van der Waals surface area contributed by atoms with Gasteiger partial charge in [0, 0.05) is 17.8 Å². The fourth-order valence-electron chi connectivity index (χ4n) is 2.55. The van der Waals surface area contributed by atoms with Gasteiger partial charge in [-0.3, -0.25) is 9.59 Å². The third-order valence-electron chi connectivity index (χ3n) is 3.92. The molecule has 2 aromatic carbocycles. The molecule has 0 bridgehead atoms. The van der Waals surface area contributed by atoms with Gasteiger partial charge in [-0.05, 0) is 54.1 Å². The van der Waals surface area contributed by atoms with E-state index in [2.05, 4.69) is 22.8 Å². The molecule has 3 aromatic rings. The molecule has 0 unspecified atom stereocenters. The fraction of sp³-hybridized carbons (Fsp3) is 0.143. The summed E-state index contributed by atoms with van der Waals surface area (Å²) in [7, 11) is 0. The second-order valence-electron chi connectivity index (χ2n) is 5.85. The molecule has 0 radical (unpaired) electrons. The molecule has 1 heterocycles. The van der Waals surface area contributed by atoms with E-state index in [1.165, 1.54) is 16.9 Å². The monoisotopic (exact) mass is 364 g/mol. The van der Waals surface area contributed by atoms with Crippen LogP contribution in [0.3, 0.4) is 0 Å². The second-order valence-corrected chi connectivity index (χ2v) is 6.80. The van der Waals surface area contributed by atoms with Crippen molar-refractivity contribution in [2.45, 2.75) is 12.8 Å². The van der Waals surface area contributed by atoms with E-state index in [4.69, 9.17) is 0 Å². The number of rotatable bonds is 7. The second kappa shape index (κ2) is 8.97. The average molecular weight is 364 g/mol. The van der Waals surface area contributed by atoms with Gasteiger partial charge >= 0.3 is 0 Å². The summed E-state index contributed by atoms with van der Waals surface area (Å²) in [5.41, 5.74) is 2.52. The quantitative estimate of drug-likeness (QED) is 0.612. The first-order valence-electron chi connectivity index (χ1n) is 8.49. The van der Waals surface area contributed by atoms with Crippen molar-refractivity contribution in [3.05, 3.63) is 88.1 Å². The minimum atomic E-state index is -0.141. The number of hydrogen-bond donors (Lipinski definition) is 2. The molecule has 0 atom stereocenters. The number of carbonyl (C=O) groups is 2. The largest absolute Gasteiger partial charge is 0.352 e. The SMILES string of the molecule is O=C(NCCCc1ccccc1)c1ccc(NC(=O)c2cccs2)cc1. The predicted octanol–water partition coefficient (Wildman–Crippen LogP) is 4.36. The van der Waals surface area contributed by atoms with Gasteiger partial charge in [-0.1, -0.05) is 36.4 Å². The van der Waals surface area contributed by atoms with Crippen molar-refractivity contribution < 1.29 is 9.59 Å². The van der Waals surface area contributed by atoms with Gasteiger partial charge in [0.2, 0.25) is 0 Å². The van der Waals surface area contributed by atoms with Gasteiger partial charge in [0.15, 0.2) is 0 Å². The van der Waals surface area contributed by atoms with Crippen molar-refractivity contribution in [1.82, 2.24) is 5.32 Å². The zero-order valence-electron chi connectivity index (χ0n) is 14.3. The Morgan fingerprint density at radius 2 is 1.62 bits per heavy atom. The Hall–Kier alpha value is -2.92. The third-order valence-corrected chi connectivity index (χ3v) is 4.79. The minimum Gasteiger partial charge on any atom is -0.352 e. The van der Waals surface area contributed by atoms with Crippen LogP contribution in [-0.4, -0.2) is 18.4 Å². The van der Waals surface area contributed by atoms with Gasteiger partial charge in [0.05, 0.1) is 4.88 Å². The highest BCUT2D eigenvalue weighted by atomic mass is 32.1. The Morgan fingerprint density at radius 3 is 2.31 bits per heavy atom. The summed E-state index contributed by atoms with van der Waals surface area (Å²) in [5, 5.41) is 7.61. The predicted molar refractivity (Wildman–Crippen MR) is 106 cm³/mol. The minimum absolute atomic E-state index is 0.103. The van der Waals surface area contributed by atoms with Gasteiger partial charge in [-0.25, -0.2) is 0 Å². The van der Waals surface area contributed by atoms with Crippen molar-refractivity contribution >= 4 is 28.8 Å². The Balaban J connectivity index is 1.45. The molecule has 26 heavy (non-hydrogen) atoms. The Morgan fingerprint density at radius 1 is 0.846 bits per heavy atom. The highest BCUT2D eigenvalue weighted by Crippen LogP contribution is 2.14. The molecular weight excluding hydrogens is 344 g/mol. The van der Waals surface area contributed by atoms with Gasteiger partial charge in [0.25, 0.3) is 11.8 Å². The lowest BCUT2D eigenvalue weighted by Crippen LogP contribution is -2.24. The van der Waals surface area contributed by atoms with Crippen LogP contribution in [0.4, 0.5) is 5.69 Å². The van der Waals surface area contributed by atoms with E-state index in [1.807, 2.05) is 29.6 Å². The average Bonchev–Trinajstić information content (AvgIpc) is 3.21.